The summed E-state index contributed by atoms with van der Waals surface area (Å²) >= 11 is 3.28. The lowest BCUT2D eigenvalue weighted by Gasteiger charge is -2.24. The van der Waals surface area contributed by atoms with Crippen LogP contribution in [0.5, 0.6) is 0 Å². The quantitative estimate of drug-likeness (QED) is 0.650. The fourth-order valence-corrected chi connectivity index (χ4v) is 5.37. The zero-order valence-electron chi connectivity index (χ0n) is 14.1. The normalized spacial score (nSPS) is 21.3. The van der Waals surface area contributed by atoms with Crippen molar-refractivity contribution in [1.82, 2.24) is 10.2 Å². The van der Waals surface area contributed by atoms with Crippen molar-refractivity contribution in [2.75, 3.05) is 36.7 Å². The summed E-state index contributed by atoms with van der Waals surface area (Å²) in [6.07, 6.45) is 0.415. The van der Waals surface area contributed by atoms with Crippen molar-refractivity contribution in [3.8, 4) is 0 Å². The molecule has 10 heteroatoms. The summed E-state index contributed by atoms with van der Waals surface area (Å²) < 4.78 is 23.4. The average molecular weight is 444 g/mol. The molecule has 1 saturated heterocycles. The minimum Gasteiger partial charge on any atom is -0.351 e. The van der Waals surface area contributed by atoms with Gasteiger partial charge in [-0.2, -0.15) is 0 Å². The maximum absolute atomic E-state index is 12.2. The Labute approximate surface area is 159 Å². The Kier molecular flexibility index (Phi) is 5.18. The van der Waals surface area contributed by atoms with E-state index in [2.05, 4.69) is 21.2 Å². The molecule has 1 unspecified atom stereocenters. The summed E-state index contributed by atoms with van der Waals surface area (Å²) in [5, 5.41) is 2.70. The van der Waals surface area contributed by atoms with E-state index < -0.39 is 21.5 Å². The van der Waals surface area contributed by atoms with Crippen molar-refractivity contribution in [2.24, 2.45) is 0 Å². The van der Waals surface area contributed by atoms with Gasteiger partial charge < -0.3 is 5.32 Å². The summed E-state index contributed by atoms with van der Waals surface area (Å²) in [7, 11) is -1.41. The number of rotatable bonds is 5. The highest BCUT2D eigenvalue weighted by atomic mass is 79.9. The fraction of sp³-hybridized carbons (Fsp3) is 0.438. The molecule has 1 aromatic carbocycles. The number of amides is 2. The Morgan fingerprint density at radius 3 is 2.77 bits per heavy atom. The monoisotopic (exact) mass is 443 g/mol. The summed E-state index contributed by atoms with van der Waals surface area (Å²) in [6, 6.07) is 4.74. The highest BCUT2D eigenvalue weighted by Crippen LogP contribution is 2.34. The smallest absolute Gasteiger partial charge is 0.300 e. The van der Waals surface area contributed by atoms with Crippen LogP contribution in [0.4, 0.5) is 5.69 Å². The molecule has 3 rings (SSSR count). The van der Waals surface area contributed by atoms with Gasteiger partial charge in [-0.3, -0.25) is 24.2 Å². The Hall–Kier alpha value is -1.78. The van der Waals surface area contributed by atoms with Crippen molar-refractivity contribution in [1.29, 1.82) is 0 Å². The van der Waals surface area contributed by atoms with Gasteiger partial charge in [-0.05, 0) is 41.5 Å². The molecule has 1 fully saturated rings. The summed E-state index contributed by atoms with van der Waals surface area (Å²) in [6.45, 7) is 0.0578. The number of benzene rings is 1. The predicted octanol–water partition coefficient (Wildman–Crippen LogP) is 0.171. The zero-order chi connectivity index (χ0) is 19.1. The maximum Gasteiger partial charge on any atom is 0.300 e. The van der Waals surface area contributed by atoms with Crippen LogP contribution < -0.4 is 10.2 Å². The molecule has 0 spiro atoms. The Bertz CT molecular complexity index is 886. The SMILES string of the molecule is CN(CC(=O)NC1CCS(=O)(=O)C1)CN1C(=O)C(=O)c2c(Br)cccc21. The molecule has 0 aromatic heterocycles. The number of halogens is 1. The second-order valence-corrected chi connectivity index (χ2v) is 9.60. The van der Waals surface area contributed by atoms with Gasteiger partial charge in [0.25, 0.3) is 5.78 Å². The van der Waals surface area contributed by atoms with E-state index in [0.717, 1.165) is 0 Å². The minimum atomic E-state index is -3.06. The molecule has 0 bridgehead atoms. The first-order chi connectivity index (χ1) is 12.2. The third kappa shape index (κ3) is 3.81. The maximum atomic E-state index is 12.2. The van der Waals surface area contributed by atoms with E-state index >= 15 is 0 Å². The largest absolute Gasteiger partial charge is 0.351 e. The van der Waals surface area contributed by atoms with E-state index in [1.807, 2.05) is 0 Å². The van der Waals surface area contributed by atoms with Crippen LogP contribution in [-0.2, 0) is 19.4 Å². The van der Waals surface area contributed by atoms with E-state index in [1.165, 1.54) is 4.90 Å². The Balaban J connectivity index is 1.61. The van der Waals surface area contributed by atoms with Crippen molar-refractivity contribution >= 4 is 49.1 Å². The van der Waals surface area contributed by atoms with E-state index in [-0.39, 0.29) is 36.7 Å². The van der Waals surface area contributed by atoms with Crippen molar-refractivity contribution < 1.29 is 22.8 Å². The molecule has 2 amide bonds. The summed E-state index contributed by atoms with van der Waals surface area (Å²) in [4.78, 5) is 39.4. The summed E-state index contributed by atoms with van der Waals surface area (Å²) in [5.74, 6) is -1.49. The van der Waals surface area contributed by atoms with E-state index in [1.54, 1.807) is 30.1 Å². The standard InChI is InChI=1S/C16H18BrN3O5S/c1-19(7-13(21)18-10-5-6-26(24,25)8-10)9-20-12-4-2-3-11(17)14(12)15(22)16(20)23/h2-4,10H,5-9H2,1H3,(H,18,21). The molecule has 2 aliphatic rings. The molecular weight excluding hydrogens is 426 g/mol. The van der Waals surface area contributed by atoms with Crippen LogP contribution in [0.25, 0.3) is 0 Å². The van der Waals surface area contributed by atoms with Crippen LogP contribution >= 0.6 is 15.9 Å². The van der Waals surface area contributed by atoms with E-state index in [0.29, 0.717) is 22.1 Å². The second-order valence-electron chi connectivity index (χ2n) is 6.52. The number of Topliss-reactive ketones (excluding diaryl/α,β-unsaturated/α-hetero) is 1. The van der Waals surface area contributed by atoms with Crippen LogP contribution in [0.2, 0.25) is 0 Å². The number of likely N-dealkylation sites (N-methyl/N-ethyl adjacent to an activating group) is 1. The molecule has 140 valence electrons. The van der Waals surface area contributed by atoms with Gasteiger partial charge in [0.2, 0.25) is 5.91 Å². The topological polar surface area (TPSA) is 104 Å². The molecule has 26 heavy (non-hydrogen) atoms. The number of hydrogen-bond donors (Lipinski definition) is 1. The second kappa shape index (κ2) is 7.09. The number of fused-ring (bicyclic) bond motifs is 1. The van der Waals surface area contributed by atoms with Gasteiger partial charge in [0, 0.05) is 10.5 Å². The lowest BCUT2D eigenvalue weighted by Crippen LogP contribution is -2.45. The molecule has 8 nitrogen and oxygen atoms in total. The molecule has 1 atom stereocenters. The fourth-order valence-electron chi connectivity index (χ4n) is 3.16. The number of carbonyl (C=O) groups excluding carboxylic acids is 3. The first-order valence-electron chi connectivity index (χ1n) is 8.01. The molecule has 2 aliphatic heterocycles. The van der Waals surface area contributed by atoms with Gasteiger partial charge in [-0.1, -0.05) is 6.07 Å². The van der Waals surface area contributed by atoms with E-state index in [4.69, 9.17) is 0 Å². The van der Waals surface area contributed by atoms with Crippen molar-refractivity contribution in [3.05, 3.63) is 28.2 Å². The van der Waals surface area contributed by atoms with Crippen LogP contribution in [0.3, 0.4) is 0 Å². The Morgan fingerprint density at radius 2 is 2.12 bits per heavy atom. The number of nitrogens with zero attached hydrogens (tertiary/aromatic N) is 2. The molecule has 1 N–H and O–H groups in total. The molecule has 0 aliphatic carbocycles. The number of hydrogen-bond acceptors (Lipinski definition) is 6. The molecule has 1 aromatic rings. The van der Waals surface area contributed by atoms with Crippen LogP contribution in [-0.4, -0.2) is 68.7 Å². The van der Waals surface area contributed by atoms with Gasteiger partial charge in [-0.25, -0.2) is 8.42 Å². The van der Waals surface area contributed by atoms with Gasteiger partial charge in [0.1, 0.15) is 0 Å². The van der Waals surface area contributed by atoms with E-state index in [9.17, 15) is 22.8 Å². The zero-order valence-corrected chi connectivity index (χ0v) is 16.5. The molecule has 2 heterocycles. The lowest BCUT2D eigenvalue weighted by molar-refractivity contribution is -0.123. The number of anilines is 1. The average Bonchev–Trinajstić information content (AvgIpc) is 3.00. The first-order valence-corrected chi connectivity index (χ1v) is 10.6. The molecule has 0 radical (unpaired) electrons. The number of ketones is 1. The van der Waals surface area contributed by atoms with Crippen LogP contribution in [0, 0.1) is 0 Å². The van der Waals surface area contributed by atoms with Crippen LogP contribution in [0.1, 0.15) is 16.8 Å². The van der Waals surface area contributed by atoms with Crippen LogP contribution in [0.15, 0.2) is 22.7 Å². The van der Waals surface area contributed by atoms with Crippen molar-refractivity contribution in [3.63, 3.8) is 0 Å². The van der Waals surface area contributed by atoms with Gasteiger partial charge in [0.05, 0.1) is 36.0 Å². The molecular formula is C16H18BrN3O5S. The first kappa shape index (κ1) is 19.0. The number of sulfone groups is 1. The lowest BCUT2D eigenvalue weighted by atomic mass is 10.1. The van der Waals surface area contributed by atoms with Crippen molar-refractivity contribution in [2.45, 2.75) is 12.5 Å². The summed E-state index contributed by atoms with van der Waals surface area (Å²) in [5.41, 5.74) is 0.829. The third-order valence-corrected chi connectivity index (χ3v) is 6.77. The Morgan fingerprint density at radius 1 is 1.38 bits per heavy atom. The highest BCUT2D eigenvalue weighted by Gasteiger charge is 2.38. The number of nitrogens with one attached hydrogen (secondary N) is 1. The molecule has 0 saturated carbocycles. The van der Waals surface area contributed by atoms with Gasteiger partial charge in [0.15, 0.2) is 9.84 Å². The minimum absolute atomic E-state index is 0.0160. The predicted molar refractivity (Wildman–Crippen MR) is 98.7 cm³/mol. The third-order valence-electron chi connectivity index (χ3n) is 4.34. The highest BCUT2D eigenvalue weighted by molar-refractivity contribution is 9.10. The van der Waals surface area contributed by atoms with Gasteiger partial charge in [-0.15, -0.1) is 0 Å². The number of carbonyl (C=O) groups is 3. The van der Waals surface area contributed by atoms with Gasteiger partial charge >= 0.3 is 5.91 Å².